The van der Waals surface area contributed by atoms with Gasteiger partial charge in [0.15, 0.2) is 11.6 Å². The van der Waals surface area contributed by atoms with Crippen molar-refractivity contribution in [1.29, 1.82) is 0 Å². The summed E-state index contributed by atoms with van der Waals surface area (Å²) in [7, 11) is 5.90. The first-order valence-electron chi connectivity index (χ1n) is 10.5. The lowest BCUT2D eigenvalue weighted by Crippen LogP contribution is -2.27. The predicted octanol–water partition coefficient (Wildman–Crippen LogP) is 4.51. The van der Waals surface area contributed by atoms with Gasteiger partial charge in [-0.25, -0.2) is 0 Å². The molecule has 0 radical (unpaired) electrons. The van der Waals surface area contributed by atoms with E-state index in [2.05, 4.69) is 17.4 Å². The Hall–Kier alpha value is -2.98. The van der Waals surface area contributed by atoms with Crippen LogP contribution in [-0.2, 0) is 16.1 Å². The molecular formula is C26H30N2O2. The molecule has 0 spiro atoms. The molecule has 0 aromatic heterocycles. The molecule has 4 heteroatoms. The molecule has 1 atom stereocenters. The van der Waals surface area contributed by atoms with Crippen LogP contribution < -0.4 is 10.2 Å². The van der Waals surface area contributed by atoms with Gasteiger partial charge in [0.2, 0.25) is 0 Å². The standard InChI is InChI=1S/C26H30N2O2/c1-27-18-21-9-7-20(8-10-21)17-22-5-4-6-24(26(22)30)25(29)16-13-19-11-14-23(15-12-19)28(2)3/h7-17,24,27H,4-6,18H2,1-3H3/b16-13+,22-17+. The lowest BCUT2D eigenvalue weighted by Gasteiger charge is -2.21. The highest BCUT2D eigenvalue weighted by atomic mass is 16.1. The maximum atomic E-state index is 12.9. The molecule has 156 valence electrons. The van der Waals surface area contributed by atoms with Crippen molar-refractivity contribution in [3.63, 3.8) is 0 Å². The van der Waals surface area contributed by atoms with Crippen LogP contribution in [0.15, 0.2) is 60.2 Å². The second-order valence-corrected chi connectivity index (χ2v) is 7.97. The summed E-state index contributed by atoms with van der Waals surface area (Å²) in [6, 6.07) is 16.1. The fourth-order valence-corrected chi connectivity index (χ4v) is 3.70. The summed E-state index contributed by atoms with van der Waals surface area (Å²) < 4.78 is 0. The SMILES string of the molecule is CNCc1ccc(/C=C2\CCCC(C(=O)/C=C/c3ccc(N(C)C)cc3)C2=O)cc1. The zero-order chi connectivity index (χ0) is 21.5. The van der Waals surface area contributed by atoms with Crippen molar-refractivity contribution in [2.75, 3.05) is 26.0 Å². The van der Waals surface area contributed by atoms with Crippen LogP contribution in [0.1, 0.15) is 36.0 Å². The van der Waals surface area contributed by atoms with Gasteiger partial charge in [0, 0.05) is 26.3 Å². The van der Waals surface area contributed by atoms with E-state index < -0.39 is 5.92 Å². The minimum absolute atomic E-state index is 0.0295. The van der Waals surface area contributed by atoms with E-state index in [1.807, 2.05) is 68.5 Å². The van der Waals surface area contributed by atoms with Crippen LogP contribution in [0.25, 0.3) is 12.2 Å². The van der Waals surface area contributed by atoms with Crippen molar-refractivity contribution in [3.05, 3.63) is 76.9 Å². The molecule has 1 N–H and O–H groups in total. The Kier molecular flexibility index (Phi) is 7.36. The van der Waals surface area contributed by atoms with Crippen molar-refractivity contribution in [1.82, 2.24) is 5.32 Å². The zero-order valence-corrected chi connectivity index (χ0v) is 18.0. The molecule has 2 aromatic rings. The summed E-state index contributed by atoms with van der Waals surface area (Å²) in [5.74, 6) is -0.698. The molecule has 0 amide bonds. The number of nitrogens with zero attached hydrogens (tertiary/aromatic N) is 1. The second kappa shape index (κ2) is 10.2. The zero-order valence-electron chi connectivity index (χ0n) is 18.0. The Labute approximate surface area is 179 Å². The molecule has 1 unspecified atom stereocenters. The molecule has 0 aliphatic heterocycles. The number of rotatable bonds is 7. The number of Topliss-reactive ketones (excluding diaryl/α,β-unsaturated/α-hetero) is 1. The molecule has 1 aliphatic carbocycles. The molecule has 0 saturated heterocycles. The van der Waals surface area contributed by atoms with Gasteiger partial charge < -0.3 is 10.2 Å². The van der Waals surface area contributed by atoms with Crippen molar-refractivity contribution in [2.45, 2.75) is 25.8 Å². The Balaban J connectivity index is 1.68. The number of carbonyl (C=O) groups is 2. The molecule has 0 heterocycles. The normalized spacial score (nSPS) is 18.2. The van der Waals surface area contributed by atoms with E-state index in [4.69, 9.17) is 0 Å². The molecule has 1 fully saturated rings. The van der Waals surface area contributed by atoms with Crippen LogP contribution in [0.4, 0.5) is 5.69 Å². The van der Waals surface area contributed by atoms with E-state index in [9.17, 15) is 9.59 Å². The fourth-order valence-electron chi connectivity index (χ4n) is 3.70. The van der Waals surface area contributed by atoms with Gasteiger partial charge in [-0.05, 0) is 72.9 Å². The van der Waals surface area contributed by atoms with Gasteiger partial charge in [-0.3, -0.25) is 9.59 Å². The van der Waals surface area contributed by atoms with Gasteiger partial charge in [0.05, 0.1) is 5.92 Å². The van der Waals surface area contributed by atoms with Crippen LogP contribution in [0.2, 0.25) is 0 Å². The minimum atomic E-state index is -0.564. The van der Waals surface area contributed by atoms with Gasteiger partial charge in [-0.1, -0.05) is 42.5 Å². The molecule has 30 heavy (non-hydrogen) atoms. The monoisotopic (exact) mass is 402 g/mol. The number of benzene rings is 2. The van der Waals surface area contributed by atoms with Crippen LogP contribution in [-0.4, -0.2) is 32.7 Å². The summed E-state index contributed by atoms with van der Waals surface area (Å²) in [6.07, 6.45) is 7.51. The van der Waals surface area contributed by atoms with Crippen molar-refractivity contribution in [2.24, 2.45) is 5.92 Å². The number of nitrogens with one attached hydrogen (secondary N) is 1. The first kappa shape index (κ1) is 21.7. The van der Waals surface area contributed by atoms with E-state index in [1.165, 1.54) is 5.56 Å². The largest absolute Gasteiger partial charge is 0.378 e. The van der Waals surface area contributed by atoms with Crippen molar-refractivity contribution >= 4 is 29.4 Å². The van der Waals surface area contributed by atoms with Crippen LogP contribution >= 0.6 is 0 Å². The quantitative estimate of drug-likeness (QED) is 0.547. The molecule has 0 bridgehead atoms. The fraction of sp³-hybridized carbons (Fsp3) is 0.308. The van der Waals surface area contributed by atoms with E-state index in [0.717, 1.165) is 41.8 Å². The molecule has 4 nitrogen and oxygen atoms in total. The van der Waals surface area contributed by atoms with E-state index in [-0.39, 0.29) is 11.6 Å². The maximum absolute atomic E-state index is 12.9. The van der Waals surface area contributed by atoms with Gasteiger partial charge in [0.1, 0.15) is 0 Å². The smallest absolute Gasteiger partial charge is 0.169 e. The first-order valence-corrected chi connectivity index (χ1v) is 10.5. The van der Waals surface area contributed by atoms with Crippen molar-refractivity contribution in [3.8, 4) is 0 Å². The summed E-state index contributed by atoms with van der Waals surface area (Å²) >= 11 is 0. The second-order valence-electron chi connectivity index (χ2n) is 7.97. The third-order valence-electron chi connectivity index (χ3n) is 5.47. The highest BCUT2D eigenvalue weighted by molar-refractivity contribution is 6.16. The molecule has 1 saturated carbocycles. The maximum Gasteiger partial charge on any atom is 0.169 e. The van der Waals surface area contributed by atoms with E-state index >= 15 is 0 Å². The number of hydrogen-bond donors (Lipinski definition) is 1. The summed E-state index contributed by atoms with van der Waals surface area (Å²) in [5.41, 5.74) is 5.02. The van der Waals surface area contributed by atoms with Crippen molar-refractivity contribution < 1.29 is 9.59 Å². The highest BCUT2D eigenvalue weighted by Crippen LogP contribution is 2.28. The first-order chi connectivity index (χ1) is 14.5. The molecule has 1 aliphatic rings. The van der Waals surface area contributed by atoms with E-state index in [0.29, 0.717) is 6.42 Å². The molecule has 3 rings (SSSR count). The Morgan fingerprint density at radius 1 is 1.07 bits per heavy atom. The van der Waals surface area contributed by atoms with Crippen LogP contribution in [0.5, 0.6) is 0 Å². The number of carbonyl (C=O) groups excluding carboxylic acids is 2. The average molecular weight is 403 g/mol. The average Bonchev–Trinajstić information content (AvgIpc) is 2.75. The highest BCUT2D eigenvalue weighted by Gasteiger charge is 2.30. The third-order valence-corrected chi connectivity index (χ3v) is 5.47. The van der Waals surface area contributed by atoms with Crippen LogP contribution in [0.3, 0.4) is 0 Å². The minimum Gasteiger partial charge on any atom is -0.378 e. The van der Waals surface area contributed by atoms with Gasteiger partial charge >= 0.3 is 0 Å². The van der Waals surface area contributed by atoms with Gasteiger partial charge in [-0.15, -0.1) is 0 Å². The Morgan fingerprint density at radius 2 is 1.73 bits per heavy atom. The van der Waals surface area contributed by atoms with Gasteiger partial charge in [0.25, 0.3) is 0 Å². The number of ketones is 2. The van der Waals surface area contributed by atoms with Crippen LogP contribution in [0, 0.1) is 5.92 Å². The molecule has 2 aromatic carbocycles. The number of anilines is 1. The predicted molar refractivity (Wildman–Crippen MR) is 124 cm³/mol. The lowest BCUT2D eigenvalue weighted by atomic mass is 9.81. The summed E-state index contributed by atoms with van der Waals surface area (Å²) in [4.78, 5) is 27.7. The summed E-state index contributed by atoms with van der Waals surface area (Å²) in [6.45, 7) is 0.816. The van der Waals surface area contributed by atoms with E-state index in [1.54, 1.807) is 12.2 Å². The lowest BCUT2D eigenvalue weighted by molar-refractivity contribution is -0.129. The Bertz CT molecular complexity index is 938. The third kappa shape index (κ3) is 5.55. The Morgan fingerprint density at radius 3 is 2.37 bits per heavy atom. The van der Waals surface area contributed by atoms with Gasteiger partial charge in [-0.2, -0.15) is 0 Å². The topological polar surface area (TPSA) is 49.4 Å². The molecular weight excluding hydrogens is 372 g/mol. The number of allylic oxidation sites excluding steroid dienone is 2. The number of hydrogen-bond acceptors (Lipinski definition) is 4. The summed E-state index contributed by atoms with van der Waals surface area (Å²) in [5, 5.41) is 3.13.